The highest BCUT2D eigenvalue weighted by Crippen LogP contribution is 2.28. The highest BCUT2D eigenvalue weighted by Gasteiger charge is 2.12. The van der Waals surface area contributed by atoms with Crippen molar-refractivity contribution in [3.05, 3.63) is 32.8 Å². The van der Waals surface area contributed by atoms with E-state index in [2.05, 4.69) is 28.2 Å². The van der Waals surface area contributed by atoms with E-state index in [1.807, 2.05) is 13.0 Å². The van der Waals surface area contributed by atoms with Crippen molar-refractivity contribution in [2.75, 3.05) is 5.32 Å². The van der Waals surface area contributed by atoms with Gasteiger partial charge in [-0.2, -0.15) is 0 Å². The van der Waals surface area contributed by atoms with Gasteiger partial charge < -0.3 is 5.32 Å². The Bertz CT molecular complexity index is 368. The molecule has 0 aliphatic carbocycles. The number of nitrogens with one attached hydrogen (secondary N) is 1. The van der Waals surface area contributed by atoms with E-state index in [1.165, 1.54) is 6.07 Å². The number of nitrogens with zero attached hydrogens (tertiary/aromatic N) is 1. The molecule has 15 heavy (non-hydrogen) atoms. The molecule has 1 aromatic carbocycles. The van der Waals surface area contributed by atoms with Gasteiger partial charge in [0.15, 0.2) is 0 Å². The summed E-state index contributed by atoms with van der Waals surface area (Å²) in [6.07, 6.45) is 0.976. The van der Waals surface area contributed by atoms with E-state index in [0.29, 0.717) is 10.5 Å². The van der Waals surface area contributed by atoms with E-state index in [0.717, 1.165) is 12.1 Å². The number of benzene rings is 1. The molecule has 0 heterocycles. The van der Waals surface area contributed by atoms with Crippen LogP contribution in [-0.4, -0.2) is 11.0 Å². The molecule has 5 heteroatoms. The molecule has 1 rings (SSSR count). The first-order valence-electron chi connectivity index (χ1n) is 4.75. The molecule has 0 fully saturated rings. The molecule has 0 spiro atoms. The molecule has 0 saturated heterocycles. The van der Waals surface area contributed by atoms with Crippen molar-refractivity contribution >= 4 is 27.3 Å². The molecule has 1 unspecified atom stereocenters. The summed E-state index contributed by atoms with van der Waals surface area (Å²) in [5, 5.41) is 13.9. The molecule has 4 nitrogen and oxygen atoms in total. The molecule has 0 amide bonds. The highest BCUT2D eigenvalue weighted by atomic mass is 79.9. The monoisotopic (exact) mass is 272 g/mol. The third-order valence-electron chi connectivity index (χ3n) is 2.17. The molecule has 0 radical (unpaired) electrons. The Morgan fingerprint density at radius 2 is 2.27 bits per heavy atom. The van der Waals surface area contributed by atoms with Crippen LogP contribution in [-0.2, 0) is 0 Å². The average Bonchev–Trinajstić information content (AvgIpc) is 2.20. The van der Waals surface area contributed by atoms with Gasteiger partial charge in [-0.15, -0.1) is 0 Å². The number of halogens is 1. The maximum atomic E-state index is 10.7. The Labute approximate surface area is 97.0 Å². The van der Waals surface area contributed by atoms with Crippen LogP contribution in [0.1, 0.15) is 20.3 Å². The van der Waals surface area contributed by atoms with Crippen LogP contribution in [0.2, 0.25) is 0 Å². The second-order valence-corrected chi connectivity index (χ2v) is 4.23. The quantitative estimate of drug-likeness (QED) is 0.674. The van der Waals surface area contributed by atoms with Crippen molar-refractivity contribution in [3.63, 3.8) is 0 Å². The maximum absolute atomic E-state index is 10.7. The van der Waals surface area contributed by atoms with Crippen LogP contribution in [0.5, 0.6) is 0 Å². The van der Waals surface area contributed by atoms with E-state index < -0.39 is 4.92 Å². The first kappa shape index (κ1) is 12.0. The molecule has 1 N–H and O–H groups in total. The molecule has 82 valence electrons. The third-order valence-corrected chi connectivity index (χ3v) is 2.84. The van der Waals surface area contributed by atoms with Crippen molar-refractivity contribution in [2.45, 2.75) is 26.3 Å². The SMILES string of the molecule is CCC(C)Nc1ccc(Br)c([N+](=O)[O-])c1. The Morgan fingerprint density at radius 1 is 1.60 bits per heavy atom. The number of nitro benzene ring substituents is 1. The zero-order valence-corrected chi connectivity index (χ0v) is 10.2. The molecule has 0 aliphatic rings. The largest absolute Gasteiger partial charge is 0.382 e. The van der Waals surface area contributed by atoms with E-state index in [4.69, 9.17) is 0 Å². The number of rotatable bonds is 4. The highest BCUT2D eigenvalue weighted by molar-refractivity contribution is 9.10. The summed E-state index contributed by atoms with van der Waals surface area (Å²) in [7, 11) is 0. The van der Waals surface area contributed by atoms with Gasteiger partial charge in [-0.05, 0) is 41.4 Å². The maximum Gasteiger partial charge on any atom is 0.285 e. The normalized spacial score (nSPS) is 12.2. The van der Waals surface area contributed by atoms with Gasteiger partial charge in [0.2, 0.25) is 0 Å². The fourth-order valence-electron chi connectivity index (χ4n) is 1.13. The van der Waals surface area contributed by atoms with Gasteiger partial charge in [-0.25, -0.2) is 0 Å². The topological polar surface area (TPSA) is 55.2 Å². The first-order chi connectivity index (χ1) is 7.04. The van der Waals surface area contributed by atoms with Crippen molar-refractivity contribution in [2.24, 2.45) is 0 Å². The van der Waals surface area contributed by atoms with Crippen LogP contribution < -0.4 is 5.32 Å². The van der Waals surface area contributed by atoms with Gasteiger partial charge >= 0.3 is 0 Å². The van der Waals surface area contributed by atoms with E-state index in [1.54, 1.807) is 6.07 Å². The summed E-state index contributed by atoms with van der Waals surface area (Å²) in [4.78, 5) is 10.3. The minimum absolute atomic E-state index is 0.0864. The lowest BCUT2D eigenvalue weighted by Crippen LogP contribution is -2.13. The van der Waals surface area contributed by atoms with E-state index >= 15 is 0 Å². The number of nitro groups is 1. The number of anilines is 1. The molecule has 1 aromatic rings. The standard InChI is InChI=1S/C10H13BrN2O2/c1-3-7(2)12-8-4-5-9(11)10(6-8)13(14)15/h4-7,12H,3H2,1-2H3. The summed E-state index contributed by atoms with van der Waals surface area (Å²) in [5.74, 6) is 0. The van der Waals surface area contributed by atoms with Crippen molar-refractivity contribution < 1.29 is 4.92 Å². The summed E-state index contributed by atoms with van der Waals surface area (Å²) < 4.78 is 0.502. The average molecular weight is 273 g/mol. The predicted octanol–water partition coefficient (Wildman–Crippen LogP) is 3.57. The van der Waals surface area contributed by atoms with Crippen molar-refractivity contribution in [3.8, 4) is 0 Å². The minimum Gasteiger partial charge on any atom is -0.382 e. The summed E-state index contributed by atoms with van der Waals surface area (Å²) in [6.45, 7) is 4.10. The molecule has 1 atom stereocenters. The van der Waals surface area contributed by atoms with Gasteiger partial charge in [-0.1, -0.05) is 6.92 Å². The summed E-state index contributed by atoms with van der Waals surface area (Å²) in [5.41, 5.74) is 0.863. The lowest BCUT2D eigenvalue weighted by atomic mass is 10.2. The fourth-order valence-corrected chi connectivity index (χ4v) is 1.52. The van der Waals surface area contributed by atoms with E-state index in [-0.39, 0.29) is 5.69 Å². The van der Waals surface area contributed by atoms with Gasteiger partial charge in [0, 0.05) is 17.8 Å². The Balaban J connectivity index is 2.92. The minimum atomic E-state index is -0.397. The van der Waals surface area contributed by atoms with Crippen LogP contribution in [0.15, 0.2) is 22.7 Å². The molecule has 0 bridgehead atoms. The Kier molecular flexibility index (Phi) is 4.08. The number of hydrogen-bond acceptors (Lipinski definition) is 3. The molecule has 0 saturated carbocycles. The zero-order valence-electron chi connectivity index (χ0n) is 8.66. The molecule has 0 aliphatic heterocycles. The van der Waals surface area contributed by atoms with Gasteiger partial charge in [0.1, 0.15) is 0 Å². The fraction of sp³-hybridized carbons (Fsp3) is 0.400. The van der Waals surface area contributed by atoms with Crippen LogP contribution in [0.3, 0.4) is 0 Å². The van der Waals surface area contributed by atoms with E-state index in [9.17, 15) is 10.1 Å². The van der Waals surface area contributed by atoms with Crippen LogP contribution >= 0.6 is 15.9 Å². The summed E-state index contributed by atoms with van der Waals surface area (Å²) in [6, 6.07) is 5.35. The van der Waals surface area contributed by atoms with Gasteiger partial charge in [0.25, 0.3) is 5.69 Å². The lowest BCUT2D eigenvalue weighted by Gasteiger charge is -2.12. The Morgan fingerprint density at radius 3 is 2.80 bits per heavy atom. The predicted molar refractivity (Wildman–Crippen MR) is 64.2 cm³/mol. The summed E-state index contributed by atoms with van der Waals surface area (Å²) >= 11 is 3.14. The third kappa shape index (κ3) is 3.20. The first-order valence-corrected chi connectivity index (χ1v) is 5.54. The lowest BCUT2D eigenvalue weighted by molar-refractivity contribution is -0.385. The van der Waals surface area contributed by atoms with Crippen molar-refractivity contribution in [1.29, 1.82) is 0 Å². The second-order valence-electron chi connectivity index (χ2n) is 3.38. The second kappa shape index (κ2) is 5.11. The zero-order chi connectivity index (χ0) is 11.4. The smallest absolute Gasteiger partial charge is 0.285 e. The van der Waals surface area contributed by atoms with Crippen LogP contribution in [0, 0.1) is 10.1 Å². The Hall–Kier alpha value is -1.10. The molecular formula is C10H13BrN2O2. The van der Waals surface area contributed by atoms with Crippen molar-refractivity contribution in [1.82, 2.24) is 0 Å². The van der Waals surface area contributed by atoms with Crippen LogP contribution in [0.4, 0.5) is 11.4 Å². The molecular weight excluding hydrogens is 260 g/mol. The molecule has 0 aromatic heterocycles. The number of hydrogen-bond donors (Lipinski definition) is 1. The van der Waals surface area contributed by atoms with Gasteiger partial charge in [0.05, 0.1) is 9.40 Å². The van der Waals surface area contributed by atoms with Gasteiger partial charge in [-0.3, -0.25) is 10.1 Å². The van der Waals surface area contributed by atoms with Crippen LogP contribution in [0.25, 0.3) is 0 Å².